The van der Waals surface area contributed by atoms with E-state index in [1.54, 1.807) is 38.3 Å². The van der Waals surface area contributed by atoms with Crippen molar-refractivity contribution in [3.8, 4) is 5.75 Å². The summed E-state index contributed by atoms with van der Waals surface area (Å²) in [6.45, 7) is 4.26. The molecule has 0 aliphatic carbocycles. The summed E-state index contributed by atoms with van der Waals surface area (Å²) in [5, 5.41) is 3.45. The van der Waals surface area contributed by atoms with Gasteiger partial charge in [-0.1, -0.05) is 24.3 Å². The third-order valence-electron chi connectivity index (χ3n) is 6.32. The Kier molecular flexibility index (Phi) is 6.93. The summed E-state index contributed by atoms with van der Waals surface area (Å²) in [4.78, 5) is 40.9. The second-order valence-electron chi connectivity index (χ2n) is 8.27. The number of amides is 1. The van der Waals surface area contributed by atoms with Gasteiger partial charge >= 0.3 is 5.69 Å². The number of carbonyl (C=O) groups excluding carboxylic acids is 1. The minimum atomic E-state index is -0.470. The summed E-state index contributed by atoms with van der Waals surface area (Å²) in [5.41, 5.74) is 0.782. The first-order chi connectivity index (χ1) is 16.0. The van der Waals surface area contributed by atoms with Gasteiger partial charge in [0.05, 0.1) is 24.1 Å². The normalized spacial score (nSPS) is 15.0. The van der Waals surface area contributed by atoms with Crippen LogP contribution in [0.1, 0.15) is 31.4 Å². The molecule has 2 aromatic carbocycles. The molecule has 1 aromatic heterocycles. The molecule has 33 heavy (non-hydrogen) atoms. The lowest BCUT2D eigenvalue weighted by Gasteiger charge is -2.28. The third-order valence-corrected chi connectivity index (χ3v) is 6.32. The van der Waals surface area contributed by atoms with E-state index >= 15 is 0 Å². The first-order valence-electron chi connectivity index (χ1n) is 11.4. The zero-order chi connectivity index (χ0) is 23.4. The molecule has 0 spiro atoms. The van der Waals surface area contributed by atoms with Crippen molar-refractivity contribution >= 4 is 16.8 Å². The van der Waals surface area contributed by atoms with E-state index in [9.17, 15) is 14.4 Å². The summed E-state index contributed by atoms with van der Waals surface area (Å²) in [5.74, 6) is 0.529. The number of hydrogen-bond donors (Lipinski definition) is 1. The van der Waals surface area contributed by atoms with Crippen LogP contribution in [0.2, 0.25) is 0 Å². The highest BCUT2D eigenvalue weighted by Gasteiger charge is 2.24. The van der Waals surface area contributed by atoms with Gasteiger partial charge in [0.25, 0.3) is 5.56 Å². The van der Waals surface area contributed by atoms with Gasteiger partial charge in [0.15, 0.2) is 0 Å². The molecule has 1 saturated heterocycles. The second-order valence-corrected chi connectivity index (χ2v) is 8.27. The van der Waals surface area contributed by atoms with Crippen molar-refractivity contribution in [2.24, 2.45) is 0 Å². The van der Waals surface area contributed by atoms with Crippen LogP contribution in [-0.4, -0.2) is 46.7 Å². The quantitative estimate of drug-likeness (QED) is 0.568. The van der Waals surface area contributed by atoms with Crippen LogP contribution in [0.3, 0.4) is 0 Å². The molecular formula is C25H30N4O4. The van der Waals surface area contributed by atoms with Crippen LogP contribution in [0.5, 0.6) is 5.75 Å². The average Bonchev–Trinajstić information content (AvgIpc) is 3.37. The molecule has 1 fully saturated rings. The molecule has 8 heteroatoms. The van der Waals surface area contributed by atoms with Crippen molar-refractivity contribution in [2.75, 3.05) is 26.7 Å². The number of methoxy groups -OCH3 is 1. The first kappa shape index (κ1) is 22.8. The van der Waals surface area contributed by atoms with Crippen LogP contribution >= 0.6 is 0 Å². The third kappa shape index (κ3) is 4.71. The number of fused-ring (bicyclic) bond motifs is 1. The molecule has 3 aromatic rings. The summed E-state index contributed by atoms with van der Waals surface area (Å²) >= 11 is 0. The fourth-order valence-corrected chi connectivity index (χ4v) is 4.55. The number of para-hydroxylation sites is 1. The molecule has 1 amide bonds. The molecule has 0 saturated carbocycles. The zero-order valence-corrected chi connectivity index (χ0v) is 19.1. The summed E-state index contributed by atoms with van der Waals surface area (Å²) < 4.78 is 7.82. The van der Waals surface area contributed by atoms with Crippen molar-refractivity contribution in [3.63, 3.8) is 0 Å². The maximum absolute atomic E-state index is 12.9. The Morgan fingerprint density at radius 2 is 1.73 bits per heavy atom. The molecule has 2 heterocycles. The van der Waals surface area contributed by atoms with E-state index in [4.69, 9.17) is 4.74 Å². The molecule has 174 valence electrons. The summed E-state index contributed by atoms with van der Waals surface area (Å²) in [7, 11) is 1.64. The van der Waals surface area contributed by atoms with Gasteiger partial charge in [-0.25, -0.2) is 4.79 Å². The Morgan fingerprint density at radius 1 is 1.03 bits per heavy atom. The molecule has 1 atom stereocenters. The van der Waals surface area contributed by atoms with Crippen molar-refractivity contribution < 1.29 is 9.53 Å². The number of carbonyl (C=O) groups is 1. The SMILES string of the molecule is CCn1c(=O)c2ccccc2n(CC(=O)NC[C@@H](c2ccc(OC)cc2)N2CCCC2)c1=O. The molecule has 8 nitrogen and oxygen atoms in total. The van der Waals surface area contributed by atoms with Crippen LogP contribution in [-0.2, 0) is 17.9 Å². The average molecular weight is 451 g/mol. The van der Waals surface area contributed by atoms with Crippen LogP contribution in [0, 0.1) is 0 Å². The van der Waals surface area contributed by atoms with E-state index in [-0.39, 0.29) is 30.6 Å². The largest absolute Gasteiger partial charge is 0.497 e. The highest BCUT2D eigenvalue weighted by atomic mass is 16.5. The number of aromatic nitrogens is 2. The van der Waals surface area contributed by atoms with Crippen molar-refractivity contribution in [3.05, 3.63) is 74.9 Å². The highest BCUT2D eigenvalue weighted by molar-refractivity contribution is 5.81. The topological polar surface area (TPSA) is 85.6 Å². The highest BCUT2D eigenvalue weighted by Crippen LogP contribution is 2.26. The summed E-state index contributed by atoms with van der Waals surface area (Å²) in [6.07, 6.45) is 2.28. The fraction of sp³-hybridized carbons (Fsp3) is 0.400. The van der Waals surface area contributed by atoms with E-state index in [1.807, 2.05) is 24.3 Å². The lowest BCUT2D eigenvalue weighted by Crippen LogP contribution is -2.43. The number of ether oxygens (including phenoxy) is 1. The van der Waals surface area contributed by atoms with Crippen molar-refractivity contribution in [1.29, 1.82) is 0 Å². The van der Waals surface area contributed by atoms with Gasteiger partial charge in [0, 0.05) is 13.1 Å². The Balaban J connectivity index is 1.56. The Labute approximate surface area is 192 Å². The van der Waals surface area contributed by atoms with E-state index in [0.717, 1.165) is 37.2 Å². The first-order valence-corrected chi connectivity index (χ1v) is 11.4. The van der Waals surface area contributed by atoms with Gasteiger partial charge in [-0.15, -0.1) is 0 Å². The Morgan fingerprint density at radius 3 is 2.39 bits per heavy atom. The number of rotatable bonds is 8. The molecule has 1 aliphatic rings. The molecule has 1 aliphatic heterocycles. The second kappa shape index (κ2) is 10.0. The van der Waals surface area contributed by atoms with Crippen molar-refractivity contribution in [2.45, 2.75) is 38.9 Å². The molecule has 4 rings (SSSR count). The molecule has 0 unspecified atom stereocenters. The van der Waals surface area contributed by atoms with Gasteiger partial charge in [-0.2, -0.15) is 0 Å². The van der Waals surface area contributed by atoms with Crippen LogP contribution in [0.4, 0.5) is 0 Å². The monoisotopic (exact) mass is 450 g/mol. The van der Waals surface area contributed by atoms with Gasteiger partial charge in [-0.05, 0) is 62.7 Å². The van der Waals surface area contributed by atoms with Crippen LogP contribution in [0.25, 0.3) is 10.9 Å². The number of benzene rings is 2. The molecule has 0 radical (unpaired) electrons. The lowest BCUT2D eigenvalue weighted by molar-refractivity contribution is -0.121. The Hall–Kier alpha value is -3.39. The maximum atomic E-state index is 12.9. The van der Waals surface area contributed by atoms with Gasteiger partial charge < -0.3 is 10.1 Å². The predicted octanol–water partition coefficient (Wildman–Crippen LogP) is 2.15. The number of nitrogens with zero attached hydrogens (tertiary/aromatic N) is 3. The van der Waals surface area contributed by atoms with Gasteiger partial charge in [0.1, 0.15) is 12.3 Å². The van der Waals surface area contributed by atoms with Gasteiger partial charge in [-0.3, -0.25) is 23.6 Å². The molecule has 1 N–H and O–H groups in total. The minimum Gasteiger partial charge on any atom is -0.497 e. The number of nitrogens with one attached hydrogen (secondary N) is 1. The van der Waals surface area contributed by atoms with E-state index < -0.39 is 5.69 Å². The smallest absolute Gasteiger partial charge is 0.331 e. The van der Waals surface area contributed by atoms with E-state index in [2.05, 4.69) is 10.2 Å². The van der Waals surface area contributed by atoms with Crippen molar-refractivity contribution in [1.82, 2.24) is 19.4 Å². The maximum Gasteiger partial charge on any atom is 0.331 e. The number of likely N-dealkylation sites (tertiary alicyclic amines) is 1. The Bertz CT molecular complexity index is 1240. The van der Waals surface area contributed by atoms with Crippen LogP contribution in [0.15, 0.2) is 58.1 Å². The van der Waals surface area contributed by atoms with Gasteiger partial charge in [0.2, 0.25) is 5.91 Å². The number of hydrogen-bond acceptors (Lipinski definition) is 5. The summed E-state index contributed by atoms with van der Waals surface area (Å²) in [6, 6.07) is 14.9. The zero-order valence-electron chi connectivity index (χ0n) is 19.1. The van der Waals surface area contributed by atoms with Crippen LogP contribution < -0.4 is 21.3 Å². The standard InChI is InChI=1S/C25H30N4O4/c1-3-28-24(31)20-8-4-5-9-21(20)29(25(28)32)17-23(30)26-16-22(27-14-6-7-15-27)18-10-12-19(33-2)13-11-18/h4-5,8-13,22H,3,6-7,14-17H2,1-2H3,(H,26,30)/t22-/m0/s1. The fourth-order valence-electron chi connectivity index (χ4n) is 4.55. The lowest BCUT2D eigenvalue weighted by atomic mass is 10.1. The minimum absolute atomic E-state index is 0.0421. The van der Waals surface area contributed by atoms with E-state index in [0.29, 0.717) is 17.4 Å². The van der Waals surface area contributed by atoms with E-state index in [1.165, 1.54) is 9.13 Å². The molecule has 0 bridgehead atoms. The molecular weight excluding hydrogens is 420 g/mol. The predicted molar refractivity (Wildman–Crippen MR) is 128 cm³/mol.